The zero-order valence-corrected chi connectivity index (χ0v) is 15.6. The van der Waals surface area contributed by atoms with E-state index in [0.717, 1.165) is 18.7 Å². The van der Waals surface area contributed by atoms with Crippen LogP contribution in [0, 0.1) is 0 Å². The largest absolute Gasteiger partial charge is 0.472 e. The van der Waals surface area contributed by atoms with Crippen molar-refractivity contribution in [3.63, 3.8) is 0 Å². The van der Waals surface area contributed by atoms with Gasteiger partial charge in [-0.1, -0.05) is 16.8 Å². The molecule has 1 saturated heterocycles. The van der Waals surface area contributed by atoms with Gasteiger partial charge in [0.05, 0.1) is 17.9 Å². The van der Waals surface area contributed by atoms with Crippen LogP contribution in [0.15, 0.2) is 51.8 Å². The predicted molar refractivity (Wildman–Crippen MR) is 99.3 cm³/mol. The Morgan fingerprint density at radius 1 is 1.15 bits per heavy atom. The highest BCUT2D eigenvalue weighted by Gasteiger charge is 2.28. The third kappa shape index (κ3) is 3.74. The van der Waals surface area contributed by atoms with Crippen molar-refractivity contribution in [3.8, 4) is 11.4 Å². The SMILES string of the molecule is CC(c1nc(-c2ccc(Cl)cc2)no1)N1CCN(C(=O)c2ccoc2)CC1. The summed E-state index contributed by atoms with van der Waals surface area (Å²) in [5.74, 6) is 1.11. The molecule has 8 heteroatoms. The lowest BCUT2D eigenvalue weighted by molar-refractivity contribution is 0.0551. The van der Waals surface area contributed by atoms with Crippen molar-refractivity contribution < 1.29 is 13.7 Å². The molecule has 0 bridgehead atoms. The van der Waals surface area contributed by atoms with E-state index in [-0.39, 0.29) is 11.9 Å². The number of carbonyl (C=O) groups excluding carboxylic acids is 1. The lowest BCUT2D eigenvalue weighted by Gasteiger charge is -2.36. The molecule has 3 aromatic rings. The first-order valence-corrected chi connectivity index (χ1v) is 9.14. The Balaban J connectivity index is 1.39. The van der Waals surface area contributed by atoms with Gasteiger partial charge in [-0.3, -0.25) is 9.69 Å². The number of rotatable bonds is 4. The van der Waals surface area contributed by atoms with Gasteiger partial charge >= 0.3 is 0 Å². The monoisotopic (exact) mass is 386 g/mol. The van der Waals surface area contributed by atoms with Crippen molar-refractivity contribution in [2.75, 3.05) is 26.2 Å². The van der Waals surface area contributed by atoms with Gasteiger partial charge in [0.25, 0.3) is 5.91 Å². The minimum absolute atomic E-state index is 0.00105. The van der Waals surface area contributed by atoms with Gasteiger partial charge < -0.3 is 13.8 Å². The van der Waals surface area contributed by atoms with Gasteiger partial charge in [-0.05, 0) is 37.3 Å². The van der Waals surface area contributed by atoms with Crippen molar-refractivity contribution in [1.82, 2.24) is 19.9 Å². The predicted octanol–water partition coefficient (Wildman–Crippen LogP) is 3.50. The number of nitrogens with zero attached hydrogens (tertiary/aromatic N) is 4. The van der Waals surface area contributed by atoms with Crippen LogP contribution in [0.3, 0.4) is 0 Å². The van der Waals surface area contributed by atoms with Crippen LogP contribution >= 0.6 is 11.6 Å². The van der Waals surface area contributed by atoms with E-state index >= 15 is 0 Å². The number of aromatic nitrogens is 2. The second-order valence-electron chi connectivity index (χ2n) is 6.48. The average molecular weight is 387 g/mol. The fourth-order valence-electron chi connectivity index (χ4n) is 3.16. The summed E-state index contributed by atoms with van der Waals surface area (Å²) in [5, 5.41) is 4.74. The fourth-order valence-corrected chi connectivity index (χ4v) is 3.28. The molecule has 0 saturated carbocycles. The Bertz CT molecular complexity index is 899. The standard InChI is InChI=1S/C19H19ClN4O3/c1-13(18-21-17(22-27-18)14-2-4-16(20)5-3-14)23-7-9-24(10-8-23)19(25)15-6-11-26-12-15/h2-6,11-13H,7-10H2,1H3. The van der Waals surface area contributed by atoms with E-state index < -0.39 is 0 Å². The van der Waals surface area contributed by atoms with Gasteiger partial charge in [-0.2, -0.15) is 4.98 Å². The summed E-state index contributed by atoms with van der Waals surface area (Å²) in [4.78, 5) is 21.0. The molecule has 1 atom stereocenters. The molecule has 0 N–H and O–H groups in total. The zero-order chi connectivity index (χ0) is 18.8. The highest BCUT2D eigenvalue weighted by atomic mass is 35.5. The molecule has 140 valence electrons. The van der Waals surface area contributed by atoms with Gasteiger partial charge in [-0.15, -0.1) is 0 Å². The quantitative estimate of drug-likeness (QED) is 0.683. The Labute approximate surface area is 161 Å². The zero-order valence-electron chi connectivity index (χ0n) is 14.8. The van der Waals surface area contributed by atoms with Crippen LogP contribution in [0.4, 0.5) is 0 Å². The molecule has 7 nitrogen and oxygen atoms in total. The maximum absolute atomic E-state index is 12.4. The van der Waals surface area contributed by atoms with Gasteiger partial charge in [0, 0.05) is 36.8 Å². The van der Waals surface area contributed by atoms with Crippen molar-refractivity contribution in [2.45, 2.75) is 13.0 Å². The van der Waals surface area contributed by atoms with Crippen LogP contribution in [0.25, 0.3) is 11.4 Å². The van der Waals surface area contributed by atoms with Crippen molar-refractivity contribution in [1.29, 1.82) is 0 Å². The lowest BCUT2D eigenvalue weighted by atomic mass is 10.2. The summed E-state index contributed by atoms with van der Waals surface area (Å²) >= 11 is 5.92. The van der Waals surface area contributed by atoms with E-state index in [4.69, 9.17) is 20.5 Å². The van der Waals surface area contributed by atoms with Crippen LogP contribution in [0.1, 0.15) is 29.2 Å². The molecule has 1 unspecified atom stereocenters. The number of hydrogen-bond acceptors (Lipinski definition) is 6. The van der Waals surface area contributed by atoms with Gasteiger partial charge in [-0.25, -0.2) is 0 Å². The summed E-state index contributed by atoms with van der Waals surface area (Å²) < 4.78 is 10.5. The molecule has 1 aliphatic heterocycles. The molecule has 1 fully saturated rings. The number of amides is 1. The summed E-state index contributed by atoms with van der Waals surface area (Å²) in [5.41, 5.74) is 1.44. The summed E-state index contributed by atoms with van der Waals surface area (Å²) in [6.45, 7) is 4.80. The average Bonchev–Trinajstić information content (AvgIpc) is 3.40. The Morgan fingerprint density at radius 2 is 1.89 bits per heavy atom. The summed E-state index contributed by atoms with van der Waals surface area (Å²) in [6.07, 6.45) is 2.99. The molecule has 3 heterocycles. The first-order valence-electron chi connectivity index (χ1n) is 8.77. The molecule has 1 amide bonds. The molecule has 27 heavy (non-hydrogen) atoms. The smallest absolute Gasteiger partial charge is 0.257 e. The Hall–Kier alpha value is -2.64. The van der Waals surface area contributed by atoms with Gasteiger partial charge in [0.15, 0.2) is 0 Å². The second kappa shape index (κ2) is 7.54. The molecule has 2 aromatic heterocycles. The Morgan fingerprint density at radius 3 is 2.56 bits per heavy atom. The molecule has 0 radical (unpaired) electrons. The number of piperazine rings is 1. The van der Waals surface area contributed by atoms with E-state index in [1.54, 1.807) is 18.2 Å². The number of benzene rings is 1. The van der Waals surface area contributed by atoms with Gasteiger partial charge in [0.1, 0.15) is 6.26 Å². The van der Waals surface area contributed by atoms with E-state index in [2.05, 4.69) is 15.0 Å². The van der Waals surface area contributed by atoms with Crippen molar-refractivity contribution in [3.05, 3.63) is 59.3 Å². The minimum atomic E-state index is -0.0234. The first-order chi connectivity index (χ1) is 13.1. The maximum atomic E-state index is 12.4. The fraction of sp³-hybridized carbons (Fsp3) is 0.316. The third-order valence-corrected chi connectivity index (χ3v) is 5.07. The topological polar surface area (TPSA) is 75.6 Å². The normalized spacial score (nSPS) is 16.4. The molecular weight excluding hydrogens is 368 g/mol. The van der Waals surface area contributed by atoms with Crippen LogP contribution < -0.4 is 0 Å². The molecule has 1 aromatic carbocycles. The first kappa shape index (κ1) is 17.8. The second-order valence-corrected chi connectivity index (χ2v) is 6.92. The molecule has 1 aliphatic rings. The van der Waals surface area contributed by atoms with Crippen LogP contribution in [-0.4, -0.2) is 52.0 Å². The molecule has 0 spiro atoms. The Kier molecular flexibility index (Phi) is 4.96. The van der Waals surface area contributed by atoms with Crippen molar-refractivity contribution >= 4 is 17.5 Å². The molecule has 4 rings (SSSR count). The van der Waals surface area contributed by atoms with E-state index in [9.17, 15) is 4.79 Å². The highest BCUT2D eigenvalue weighted by molar-refractivity contribution is 6.30. The maximum Gasteiger partial charge on any atom is 0.257 e. The highest BCUT2D eigenvalue weighted by Crippen LogP contribution is 2.24. The van der Waals surface area contributed by atoms with E-state index in [0.29, 0.717) is 35.4 Å². The van der Waals surface area contributed by atoms with Gasteiger partial charge in [0.2, 0.25) is 11.7 Å². The number of halogens is 1. The van der Waals surface area contributed by atoms with Crippen molar-refractivity contribution in [2.24, 2.45) is 0 Å². The molecular formula is C19H19ClN4O3. The summed E-state index contributed by atoms with van der Waals surface area (Å²) in [7, 11) is 0. The van der Waals surface area contributed by atoms with E-state index in [1.807, 2.05) is 24.0 Å². The minimum Gasteiger partial charge on any atom is -0.472 e. The van der Waals surface area contributed by atoms with Crippen LogP contribution in [0.2, 0.25) is 5.02 Å². The third-order valence-electron chi connectivity index (χ3n) is 4.82. The number of hydrogen-bond donors (Lipinski definition) is 0. The van der Waals surface area contributed by atoms with E-state index in [1.165, 1.54) is 12.5 Å². The molecule has 0 aliphatic carbocycles. The lowest BCUT2D eigenvalue weighted by Crippen LogP contribution is -2.49. The number of furan rings is 1. The number of carbonyl (C=O) groups is 1. The van der Waals surface area contributed by atoms with Crippen LogP contribution in [0.5, 0.6) is 0 Å². The van der Waals surface area contributed by atoms with Crippen LogP contribution in [-0.2, 0) is 0 Å². The summed E-state index contributed by atoms with van der Waals surface area (Å²) in [6, 6.07) is 8.99.